The molecule has 134 valence electrons. The number of alkyl halides is 1. The fourth-order valence-corrected chi connectivity index (χ4v) is 4.53. The van der Waals surface area contributed by atoms with E-state index in [2.05, 4.69) is 13.1 Å². The highest BCUT2D eigenvalue weighted by atomic mass is 35.5. The topological polar surface area (TPSA) is 189 Å². The highest BCUT2D eigenvalue weighted by molar-refractivity contribution is 7.66. The molecule has 12 nitrogen and oxygen atoms in total. The van der Waals surface area contributed by atoms with Crippen LogP contribution in [-0.2, 0) is 31.6 Å². The van der Waals surface area contributed by atoms with Crippen molar-refractivity contribution in [3.05, 3.63) is 0 Å². The maximum Gasteiger partial charge on any atom is 0.490 e. The zero-order chi connectivity index (χ0) is 17.8. The summed E-state index contributed by atoms with van der Waals surface area (Å²) in [5, 5.41) is 9.51. The highest BCUT2D eigenvalue weighted by Gasteiger charge is 2.43. The summed E-state index contributed by atoms with van der Waals surface area (Å²) in [5.41, 5.74) is -1.63. The van der Waals surface area contributed by atoms with Gasteiger partial charge in [0.05, 0.1) is 18.6 Å². The molecular weight excluding hydrogens is 392 g/mol. The molecule has 0 amide bonds. The van der Waals surface area contributed by atoms with E-state index in [1.807, 2.05) is 0 Å². The molecular formula is C6H16ClO12P3. The standard InChI is InChI=1S/C6H16ClO12P3/c1-5(8)6(3-7,16-2)4-17-21(12,13)19-22(14,15)18-20(9,10)11/h5,8H,3-4H2,1-2H3,(H,12,13)(H,14,15)(H2,9,10,11)/t5-,6?/m0/s1. The molecule has 0 heterocycles. The Morgan fingerprint density at radius 2 is 1.59 bits per heavy atom. The number of hydrogen-bond donors (Lipinski definition) is 5. The average molecular weight is 409 g/mol. The number of methoxy groups -OCH3 is 1. The van der Waals surface area contributed by atoms with Crippen molar-refractivity contribution in [2.45, 2.75) is 18.6 Å². The summed E-state index contributed by atoms with van der Waals surface area (Å²) in [6.45, 7) is 0.403. The SMILES string of the molecule is COC(CCl)(COP(=O)(O)OP(=O)(O)OP(=O)(O)O)[C@H](C)O. The van der Waals surface area contributed by atoms with E-state index in [4.69, 9.17) is 31.0 Å². The molecule has 0 aliphatic rings. The number of hydrogen-bond acceptors (Lipinski definition) is 8. The monoisotopic (exact) mass is 408 g/mol. The molecule has 0 aromatic rings. The Bertz CT molecular complexity index is 497. The van der Waals surface area contributed by atoms with Crippen molar-refractivity contribution in [2.24, 2.45) is 0 Å². The first-order valence-electron chi connectivity index (χ1n) is 5.26. The van der Waals surface area contributed by atoms with Gasteiger partial charge >= 0.3 is 23.5 Å². The van der Waals surface area contributed by atoms with E-state index in [0.717, 1.165) is 7.11 Å². The van der Waals surface area contributed by atoms with Gasteiger partial charge in [0.1, 0.15) is 5.60 Å². The molecule has 0 saturated heterocycles. The molecule has 0 rings (SSSR count). The summed E-state index contributed by atoms with van der Waals surface area (Å²) in [5.74, 6) is -0.378. The number of aliphatic hydroxyl groups excluding tert-OH is 1. The van der Waals surface area contributed by atoms with Gasteiger partial charge in [0, 0.05) is 7.11 Å². The summed E-state index contributed by atoms with van der Waals surface area (Å²) in [6.07, 6.45) is -1.26. The lowest BCUT2D eigenvalue weighted by molar-refractivity contribution is -0.105. The predicted octanol–water partition coefficient (Wildman–Crippen LogP) is 0.334. The number of ether oxygens (including phenoxy) is 1. The predicted molar refractivity (Wildman–Crippen MR) is 72.0 cm³/mol. The van der Waals surface area contributed by atoms with Crippen LogP contribution in [0.1, 0.15) is 6.92 Å². The minimum absolute atomic E-state index is 0.378. The molecule has 0 aromatic carbocycles. The molecule has 0 saturated carbocycles. The Morgan fingerprint density at radius 3 is 1.91 bits per heavy atom. The number of phosphoric ester groups is 1. The van der Waals surface area contributed by atoms with Crippen molar-refractivity contribution in [3.8, 4) is 0 Å². The van der Waals surface area contributed by atoms with E-state index < -0.39 is 41.8 Å². The van der Waals surface area contributed by atoms with Crippen LogP contribution in [-0.4, -0.2) is 56.0 Å². The Hall–Kier alpha value is 0.620. The maximum atomic E-state index is 11.5. The zero-order valence-electron chi connectivity index (χ0n) is 11.3. The number of phosphoric acid groups is 3. The molecule has 0 radical (unpaired) electrons. The van der Waals surface area contributed by atoms with Crippen LogP contribution in [0.15, 0.2) is 0 Å². The first kappa shape index (κ1) is 22.6. The molecule has 5 N–H and O–H groups in total. The van der Waals surface area contributed by atoms with Crippen LogP contribution in [0.3, 0.4) is 0 Å². The van der Waals surface area contributed by atoms with Crippen molar-refractivity contribution in [1.29, 1.82) is 0 Å². The first-order chi connectivity index (χ1) is 9.69. The molecule has 0 aromatic heterocycles. The lowest BCUT2D eigenvalue weighted by atomic mass is 10.0. The lowest BCUT2D eigenvalue weighted by Gasteiger charge is -2.33. The molecule has 0 spiro atoms. The van der Waals surface area contributed by atoms with Crippen molar-refractivity contribution in [1.82, 2.24) is 0 Å². The molecule has 4 atom stereocenters. The second-order valence-electron chi connectivity index (χ2n) is 3.94. The number of aliphatic hydroxyl groups is 1. The fourth-order valence-electron chi connectivity index (χ4n) is 1.05. The van der Waals surface area contributed by atoms with Gasteiger partial charge in [-0.3, -0.25) is 4.52 Å². The normalized spacial score (nSPS) is 22.4. The number of rotatable bonds is 10. The zero-order valence-corrected chi connectivity index (χ0v) is 14.7. The average Bonchev–Trinajstić information content (AvgIpc) is 2.25. The van der Waals surface area contributed by atoms with Gasteiger partial charge in [-0.1, -0.05) is 0 Å². The highest BCUT2D eigenvalue weighted by Crippen LogP contribution is 2.66. The third-order valence-corrected chi connectivity index (χ3v) is 6.52. The van der Waals surface area contributed by atoms with Gasteiger partial charge in [-0.25, -0.2) is 13.7 Å². The molecule has 0 aliphatic carbocycles. The number of halogens is 1. The Balaban J connectivity index is 4.95. The van der Waals surface area contributed by atoms with Gasteiger partial charge in [-0.15, -0.1) is 11.6 Å². The second kappa shape index (κ2) is 8.13. The van der Waals surface area contributed by atoms with Crippen molar-refractivity contribution in [3.63, 3.8) is 0 Å². The van der Waals surface area contributed by atoms with Gasteiger partial charge < -0.3 is 29.4 Å². The van der Waals surface area contributed by atoms with Crippen molar-refractivity contribution >= 4 is 35.1 Å². The molecule has 22 heavy (non-hydrogen) atoms. The fraction of sp³-hybridized carbons (Fsp3) is 1.00. The third-order valence-electron chi connectivity index (χ3n) is 2.28. The summed E-state index contributed by atoms with van der Waals surface area (Å²) >= 11 is 5.56. The van der Waals surface area contributed by atoms with Crippen LogP contribution in [0.25, 0.3) is 0 Å². The van der Waals surface area contributed by atoms with E-state index >= 15 is 0 Å². The third kappa shape index (κ3) is 7.94. The van der Waals surface area contributed by atoms with E-state index in [-0.39, 0.29) is 5.88 Å². The van der Waals surface area contributed by atoms with E-state index in [1.54, 1.807) is 0 Å². The molecule has 0 fully saturated rings. The first-order valence-corrected chi connectivity index (χ1v) is 10.3. The van der Waals surface area contributed by atoms with Crippen LogP contribution in [0.5, 0.6) is 0 Å². The minimum Gasteiger partial charge on any atom is -0.390 e. The maximum absolute atomic E-state index is 11.5. The summed E-state index contributed by atoms with van der Waals surface area (Å²) < 4.78 is 49.2. The van der Waals surface area contributed by atoms with Gasteiger partial charge in [0.2, 0.25) is 0 Å². The van der Waals surface area contributed by atoms with Gasteiger partial charge in [0.15, 0.2) is 0 Å². The summed E-state index contributed by atoms with van der Waals surface area (Å²) in [7, 11) is -15.2. The Morgan fingerprint density at radius 1 is 1.09 bits per heavy atom. The Kier molecular flexibility index (Phi) is 8.36. The van der Waals surface area contributed by atoms with Crippen molar-refractivity contribution < 1.29 is 56.3 Å². The van der Waals surface area contributed by atoms with Gasteiger partial charge in [0.25, 0.3) is 0 Å². The quantitative estimate of drug-likeness (QED) is 0.246. The van der Waals surface area contributed by atoms with E-state index in [1.165, 1.54) is 6.92 Å². The smallest absolute Gasteiger partial charge is 0.390 e. The van der Waals surface area contributed by atoms with Crippen LogP contribution in [0, 0.1) is 0 Å². The lowest BCUT2D eigenvalue weighted by Crippen LogP contribution is -2.48. The Labute approximate surface area is 130 Å². The van der Waals surface area contributed by atoms with Gasteiger partial charge in [-0.05, 0) is 6.92 Å². The molecule has 0 bridgehead atoms. The second-order valence-corrected chi connectivity index (χ2v) is 8.63. The van der Waals surface area contributed by atoms with E-state index in [0.29, 0.717) is 0 Å². The van der Waals surface area contributed by atoms with E-state index in [9.17, 15) is 23.7 Å². The minimum atomic E-state index is -5.60. The summed E-state index contributed by atoms with van der Waals surface area (Å²) in [4.78, 5) is 34.9. The van der Waals surface area contributed by atoms with Crippen LogP contribution in [0.2, 0.25) is 0 Å². The van der Waals surface area contributed by atoms with Crippen molar-refractivity contribution in [2.75, 3.05) is 19.6 Å². The summed E-state index contributed by atoms with van der Waals surface area (Å²) in [6, 6.07) is 0. The largest absolute Gasteiger partial charge is 0.490 e. The molecule has 3 unspecified atom stereocenters. The van der Waals surface area contributed by atoms with Crippen LogP contribution in [0.4, 0.5) is 0 Å². The van der Waals surface area contributed by atoms with Gasteiger partial charge in [-0.2, -0.15) is 8.62 Å². The molecule has 16 heteroatoms. The van der Waals surface area contributed by atoms with Crippen LogP contribution >= 0.6 is 35.1 Å². The molecule has 0 aliphatic heterocycles. The van der Waals surface area contributed by atoms with Crippen LogP contribution < -0.4 is 0 Å².